The highest BCUT2D eigenvalue weighted by atomic mass is 19.1. The van der Waals surface area contributed by atoms with Gasteiger partial charge in [0, 0.05) is 18.1 Å². The predicted octanol–water partition coefficient (Wildman–Crippen LogP) is 3.02. The molecule has 0 aliphatic carbocycles. The Bertz CT molecular complexity index is 905. The fourth-order valence-corrected chi connectivity index (χ4v) is 2.41. The molecule has 126 valence electrons. The van der Waals surface area contributed by atoms with Crippen LogP contribution in [0.3, 0.4) is 0 Å². The van der Waals surface area contributed by atoms with Crippen LogP contribution in [0.25, 0.3) is 10.9 Å². The van der Waals surface area contributed by atoms with E-state index >= 15 is 0 Å². The summed E-state index contributed by atoms with van der Waals surface area (Å²) in [5, 5.41) is 6.25. The molecule has 6 heteroatoms. The van der Waals surface area contributed by atoms with E-state index in [0.717, 1.165) is 10.9 Å². The minimum Gasteiger partial charge on any atom is -0.352 e. The smallest absolute Gasteiger partial charge is 0.233 e. The van der Waals surface area contributed by atoms with Crippen molar-refractivity contribution in [2.75, 3.05) is 5.32 Å². The molecule has 0 aliphatic rings. The highest BCUT2D eigenvalue weighted by Crippen LogP contribution is 2.20. The molecule has 0 radical (unpaired) electrons. The number of benzene rings is 2. The van der Waals surface area contributed by atoms with Gasteiger partial charge in [-0.25, -0.2) is 4.39 Å². The molecule has 0 unspecified atom stereocenters. The van der Waals surface area contributed by atoms with E-state index in [4.69, 9.17) is 0 Å². The van der Waals surface area contributed by atoms with Crippen LogP contribution in [0.1, 0.15) is 12.0 Å². The number of amides is 2. The number of para-hydroxylation sites is 1. The van der Waals surface area contributed by atoms with Crippen LogP contribution >= 0.6 is 0 Å². The van der Waals surface area contributed by atoms with Gasteiger partial charge in [-0.2, -0.15) is 0 Å². The maximum atomic E-state index is 12.8. The summed E-state index contributed by atoms with van der Waals surface area (Å²) in [7, 11) is 0. The number of aromatic nitrogens is 1. The van der Waals surface area contributed by atoms with Gasteiger partial charge in [-0.15, -0.1) is 0 Å². The molecule has 1 aromatic heterocycles. The predicted molar refractivity (Wildman–Crippen MR) is 93.2 cm³/mol. The standard InChI is InChI=1S/C19H16FN3O2/c20-15-8-6-13(7-9-15)12-22-17(24)11-18(25)23-16-5-1-3-14-4-2-10-21-19(14)16/h1-10H,11-12H2,(H,22,24)(H,23,25). The second kappa shape index (κ2) is 7.53. The lowest BCUT2D eigenvalue weighted by Gasteiger charge is -2.08. The van der Waals surface area contributed by atoms with Crippen molar-refractivity contribution in [3.8, 4) is 0 Å². The van der Waals surface area contributed by atoms with Crippen molar-refractivity contribution in [1.29, 1.82) is 0 Å². The van der Waals surface area contributed by atoms with Gasteiger partial charge in [-0.1, -0.05) is 30.3 Å². The maximum absolute atomic E-state index is 12.8. The van der Waals surface area contributed by atoms with Gasteiger partial charge < -0.3 is 10.6 Å². The van der Waals surface area contributed by atoms with Crippen molar-refractivity contribution in [2.24, 2.45) is 0 Å². The van der Waals surface area contributed by atoms with Crippen LogP contribution in [-0.4, -0.2) is 16.8 Å². The number of hydrogen-bond donors (Lipinski definition) is 2. The number of hydrogen-bond acceptors (Lipinski definition) is 3. The molecular formula is C19H16FN3O2. The molecule has 5 nitrogen and oxygen atoms in total. The van der Waals surface area contributed by atoms with E-state index in [1.165, 1.54) is 12.1 Å². The molecule has 0 fully saturated rings. The number of anilines is 1. The zero-order chi connectivity index (χ0) is 17.6. The number of halogens is 1. The van der Waals surface area contributed by atoms with E-state index in [9.17, 15) is 14.0 Å². The second-order valence-electron chi connectivity index (χ2n) is 5.51. The lowest BCUT2D eigenvalue weighted by Crippen LogP contribution is -2.27. The molecule has 0 saturated carbocycles. The SMILES string of the molecule is O=C(CC(=O)Nc1cccc2cccnc12)NCc1ccc(F)cc1. The van der Waals surface area contributed by atoms with Gasteiger partial charge in [0.15, 0.2) is 0 Å². The molecule has 0 atom stereocenters. The fraction of sp³-hybridized carbons (Fsp3) is 0.105. The first-order valence-corrected chi connectivity index (χ1v) is 7.76. The molecule has 0 aliphatic heterocycles. The number of fused-ring (bicyclic) bond motifs is 1. The quantitative estimate of drug-likeness (QED) is 0.703. The van der Waals surface area contributed by atoms with Crippen molar-refractivity contribution in [3.05, 3.63) is 72.2 Å². The Balaban J connectivity index is 1.56. The Morgan fingerprint density at radius 1 is 0.960 bits per heavy atom. The summed E-state index contributed by atoms with van der Waals surface area (Å²) in [6.45, 7) is 0.238. The summed E-state index contributed by atoms with van der Waals surface area (Å²) in [6.07, 6.45) is 1.35. The molecule has 25 heavy (non-hydrogen) atoms. The fourth-order valence-electron chi connectivity index (χ4n) is 2.41. The van der Waals surface area contributed by atoms with E-state index in [2.05, 4.69) is 15.6 Å². The Morgan fingerprint density at radius 3 is 2.52 bits per heavy atom. The van der Waals surface area contributed by atoms with E-state index in [1.54, 1.807) is 24.4 Å². The minimum atomic E-state index is -0.422. The van der Waals surface area contributed by atoms with Gasteiger partial charge in [-0.05, 0) is 29.8 Å². The topological polar surface area (TPSA) is 71.1 Å². The number of carbonyl (C=O) groups is 2. The molecule has 2 amide bonds. The molecular weight excluding hydrogens is 321 g/mol. The van der Waals surface area contributed by atoms with Crippen LogP contribution in [0.15, 0.2) is 60.8 Å². The lowest BCUT2D eigenvalue weighted by atomic mass is 10.2. The number of rotatable bonds is 5. The van der Waals surface area contributed by atoms with Gasteiger partial charge in [0.25, 0.3) is 0 Å². The van der Waals surface area contributed by atoms with Crippen LogP contribution in [0.2, 0.25) is 0 Å². The van der Waals surface area contributed by atoms with Crippen molar-refractivity contribution >= 4 is 28.4 Å². The molecule has 2 aromatic carbocycles. The first kappa shape index (κ1) is 16.6. The third-order valence-corrected chi connectivity index (χ3v) is 3.63. The molecule has 3 rings (SSSR count). The molecule has 3 aromatic rings. The first-order valence-electron chi connectivity index (χ1n) is 7.76. The van der Waals surface area contributed by atoms with Gasteiger partial charge in [0.05, 0.1) is 11.2 Å². The highest BCUT2D eigenvalue weighted by molar-refractivity contribution is 6.06. The lowest BCUT2D eigenvalue weighted by molar-refractivity contribution is -0.126. The monoisotopic (exact) mass is 337 g/mol. The van der Waals surface area contributed by atoms with E-state index < -0.39 is 11.8 Å². The largest absolute Gasteiger partial charge is 0.352 e. The molecule has 0 saturated heterocycles. The van der Waals surface area contributed by atoms with Crippen molar-refractivity contribution < 1.29 is 14.0 Å². The summed E-state index contributed by atoms with van der Waals surface area (Å²) in [5.74, 6) is -1.16. The Morgan fingerprint density at radius 2 is 1.72 bits per heavy atom. The summed E-state index contributed by atoms with van der Waals surface area (Å²) >= 11 is 0. The number of nitrogens with one attached hydrogen (secondary N) is 2. The van der Waals surface area contributed by atoms with Crippen molar-refractivity contribution in [1.82, 2.24) is 10.3 Å². The number of carbonyl (C=O) groups excluding carboxylic acids is 2. The van der Waals surface area contributed by atoms with Crippen molar-refractivity contribution in [3.63, 3.8) is 0 Å². The van der Waals surface area contributed by atoms with Gasteiger partial charge in [0.1, 0.15) is 12.2 Å². The zero-order valence-electron chi connectivity index (χ0n) is 13.3. The first-order chi connectivity index (χ1) is 12.1. The van der Waals surface area contributed by atoms with E-state index in [0.29, 0.717) is 11.2 Å². The van der Waals surface area contributed by atoms with Crippen molar-refractivity contribution in [2.45, 2.75) is 13.0 Å². The van der Waals surface area contributed by atoms with Crippen LogP contribution in [0.5, 0.6) is 0 Å². The third kappa shape index (κ3) is 4.38. The van der Waals surface area contributed by atoms with Gasteiger partial charge in [0.2, 0.25) is 11.8 Å². The normalized spacial score (nSPS) is 10.4. The van der Waals surface area contributed by atoms with Crippen LogP contribution in [0.4, 0.5) is 10.1 Å². The van der Waals surface area contributed by atoms with Gasteiger partial charge >= 0.3 is 0 Å². The van der Waals surface area contributed by atoms with Gasteiger partial charge in [-0.3, -0.25) is 14.6 Å². The maximum Gasteiger partial charge on any atom is 0.233 e. The number of pyridine rings is 1. The summed E-state index contributed by atoms with van der Waals surface area (Å²) in [5.41, 5.74) is 1.99. The number of nitrogens with zero attached hydrogens (tertiary/aromatic N) is 1. The molecule has 1 heterocycles. The Kier molecular flexibility index (Phi) is 4.99. The average Bonchev–Trinajstić information content (AvgIpc) is 2.61. The molecule has 0 spiro atoms. The van der Waals surface area contributed by atoms with Crippen LogP contribution < -0.4 is 10.6 Å². The molecule has 0 bridgehead atoms. The highest BCUT2D eigenvalue weighted by Gasteiger charge is 2.11. The zero-order valence-corrected chi connectivity index (χ0v) is 13.3. The van der Waals surface area contributed by atoms with Crippen LogP contribution in [0, 0.1) is 5.82 Å². The summed E-state index contributed by atoms with van der Waals surface area (Å²) in [6, 6.07) is 15.0. The van der Waals surface area contributed by atoms with E-state index in [-0.39, 0.29) is 18.8 Å². The third-order valence-electron chi connectivity index (χ3n) is 3.63. The Hall–Kier alpha value is -3.28. The average molecular weight is 337 g/mol. The van der Waals surface area contributed by atoms with Crippen LogP contribution in [-0.2, 0) is 16.1 Å². The van der Waals surface area contributed by atoms with E-state index in [1.807, 2.05) is 24.3 Å². The summed E-state index contributed by atoms with van der Waals surface area (Å²) < 4.78 is 12.8. The molecule has 2 N–H and O–H groups in total. The minimum absolute atomic E-state index is 0.238. The Labute approximate surface area is 143 Å². The second-order valence-corrected chi connectivity index (χ2v) is 5.51. The summed E-state index contributed by atoms with van der Waals surface area (Å²) in [4.78, 5) is 28.2.